The molecule has 0 aliphatic heterocycles. The van der Waals surface area contributed by atoms with Gasteiger partial charge < -0.3 is 4.74 Å². The van der Waals surface area contributed by atoms with E-state index in [4.69, 9.17) is 10.00 Å². The van der Waals surface area contributed by atoms with E-state index in [0.29, 0.717) is 11.3 Å². The van der Waals surface area contributed by atoms with Crippen molar-refractivity contribution in [1.82, 2.24) is 0 Å². The van der Waals surface area contributed by atoms with Gasteiger partial charge in [0.2, 0.25) is 0 Å². The van der Waals surface area contributed by atoms with Crippen LogP contribution in [0.2, 0.25) is 0 Å². The third kappa shape index (κ3) is 2.53. The fourth-order valence-corrected chi connectivity index (χ4v) is 1.64. The smallest absolute Gasteiger partial charge is 0.141 e. The maximum atomic E-state index is 8.92. The molecule has 0 spiro atoms. The average molecular weight is 275 g/mol. The van der Waals surface area contributed by atoms with Crippen molar-refractivity contribution >= 4 is 15.9 Å². The summed E-state index contributed by atoms with van der Waals surface area (Å²) < 4.78 is 6.63. The summed E-state index contributed by atoms with van der Waals surface area (Å²) in [4.78, 5) is 0. The summed E-state index contributed by atoms with van der Waals surface area (Å²) in [6.07, 6.45) is 6.44. The van der Waals surface area contributed by atoms with Crippen LogP contribution in [0.5, 0.6) is 5.75 Å². The number of ether oxygens (including phenoxy) is 1. The summed E-state index contributed by atoms with van der Waals surface area (Å²) >= 11 is 3.36. The molecule has 0 saturated carbocycles. The molecule has 1 aliphatic rings. The Balaban J connectivity index is 2.21. The van der Waals surface area contributed by atoms with Gasteiger partial charge in [-0.2, -0.15) is 5.26 Å². The Bertz CT molecular complexity index is 480. The summed E-state index contributed by atoms with van der Waals surface area (Å²) in [7, 11) is 0. The highest BCUT2D eigenvalue weighted by molar-refractivity contribution is 9.10. The highest BCUT2D eigenvalue weighted by Gasteiger charge is 2.10. The normalized spacial score (nSPS) is 14.8. The van der Waals surface area contributed by atoms with Gasteiger partial charge in [0.05, 0.1) is 11.6 Å². The van der Waals surface area contributed by atoms with Crippen LogP contribution in [-0.2, 0) is 0 Å². The summed E-state index contributed by atoms with van der Waals surface area (Å²) in [5, 5.41) is 8.92. The van der Waals surface area contributed by atoms with Crippen molar-refractivity contribution < 1.29 is 4.74 Å². The number of rotatable bonds is 2. The van der Waals surface area contributed by atoms with E-state index in [-0.39, 0.29) is 0 Å². The molecule has 3 heteroatoms. The first kappa shape index (κ1) is 11.0. The fourth-order valence-electron chi connectivity index (χ4n) is 1.37. The van der Waals surface area contributed by atoms with Gasteiger partial charge in [-0.25, -0.2) is 0 Å². The SMILES string of the molecule is N#CC1=C(Oc2ccc(Br)cc2)C=CC[CH]1. The molecule has 0 unspecified atom stereocenters. The van der Waals surface area contributed by atoms with Gasteiger partial charge in [-0.15, -0.1) is 0 Å². The molecule has 0 amide bonds. The molecule has 0 saturated heterocycles. The third-order valence-electron chi connectivity index (χ3n) is 2.15. The predicted octanol–water partition coefficient (Wildman–Crippen LogP) is 3.77. The van der Waals surface area contributed by atoms with Crippen molar-refractivity contribution in [2.75, 3.05) is 0 Å². The summed E-state index contributed by atoms with van der Waals surface area (Å²) in [5.41, 5.74) is 0.588. The summed E-state index contributed by atoms with van der Waals surface area (Å²) in [5.74, 6) is 1.34. The first-order valence-corrected chi connectivity index (χ1v) is 5.66. The molecule has 2 rings (SSSR count). The molecule has 0 N–H and O–H groups in total. The molecule has 0 bridgehead atoms. The molecule has 79 valence electrons. The van der Waals surface area contributed by atoms with Crippen LogP contribution in [0.15, 0.2) is 52.2 Å². The number of hydrogen-bond donors (Lipinski definition) is 0. The minimum atomic E-state index is 0.588. The lowest BCUT2D eigenvalue weighted by Crippen LogP contribution is -2.01. The highest BCUT2D eigenvalue weighted by Crippen LogP contribution is 2.23. The molecule has 1 aromatic rings. The van der Waals surface area contributed by atoms with Gasteiger partial charge in [-0.3, -0.25) is 0 Å². The standard InChI is InChI=1S/C13H9BrNO/c14-11-5-7-12(8-6-11)16-13-4-2-1-3-10(13)9-15/h2-8H,1H2. The average Bonchev–Trinajstić information content (AvgIpc) is 2.33. The molecule has 16 heavy (non-hydrogen) atoms. The van der Waals surface area contributed by atoms with E-state index in [0.717, 1.165) is 16.6 Å². The zero-order valence-corrected chi connectivity index (χ0v) is 10.1. The minimum absolute atomic E-state index is 0.588. The van der Waals surface area contributed by atoms with E-state index in [1.807, 2.05) is 42.8 Å². The number of hydrogen-bond acceptors (Lipinski definition) is 2. The van der Waals surface area contributed by atoms with E-state index in [1.54, 1.807) is 0 Å². The largest absolute Gasteiger partial charge is 0.456 e. The first-order chi connectivity index (χ1) is 7.79. The molecular weight excluding hydrogens is 266 g/mol. The van der Waals surface area contributed by atoms with E-state index in [1.165, 1.54) is 0 Å². The lowest BCUT2D eigenvalue weighted by atomic mass is 10.1. The Morgan fingerprint density at radius 1 is 1.25 bits per heavy atom. The van der Waals surface area contributed by atoms with E-state index in [9.17, 15) is 0 Å². The molecule has 0 heterocycles. The molecular formula is C13H9BrNO. The lowest BCUT2D eigenvalue weighted by Gasteiger charge is -2.11. The number of allylic oxidation sites excluding steroid dienone is 3. The summed E-state index contributed by atoms with van der Waals surface area (Å²) in [6, 6.07) is 9.64. The van der Waals surface area contributed by atoms with Crippen molar-refractivity contribution in [3.8, 4) is 11.8 Å². The Morgan fingerprint density at radius 2 is 2.00 bits per heavy atom. The molecule has 0 aromatic heterocycles. The maximum Gasteiger partial charge on any atom is 0.141 e. The topological polar surface area (TPSA) is 33.0 Å². The van der Waals surface area contributed by atoms with Gasteiger partial charge in [-0.1, -0.05) is 22.0 Å². The van der Waals surface area contributed by atoms with Gasteiger partial charge in [0.1, 0.15) is 11.5 Å². The van der Waals surface area contributed by atoms with Crippen LogP contribution in [0.25, 0.3) is 0 Å². The van der Waals surface area contributed by atoms with Crippen LogP contribution in [0.3, 0.4) is 0 Å². The molecule has 1 aliphatic carbocycles. The third-order valence-corrected chi connectivity index (χ3v) is 2.68. The van der Waals surface area contributed by atoms with Crippen LogP contribution in [0, 0.1) is 17.8 Å². The Morgan fingerprint density at radius 3 is 2.69 bits per heavy atom. The van der Waals surface area contributed by atoms with Crippen molar-refractivity contribution in [3.63, 3.8) is 0 Å². The van der Waals surface area contributed by atoms with E-state index in [2.05, 4.69) is 22.0 Å². The Kier molecular flexibility index (Phi) is 3.43. The van der Waals surface area contributed by atoms with Gasteiger partial charge in [0, 0.05) is 10.9 Å². The van der Waals surface area contributed by atoms with E-state index >= 15 is 0 Å². The molecule has 1 radical (unpaired) electrons. The van der Waals surface area contributed by atoms with Gasteiger partial charge in [-0.05, 0) is 36.8 Å². The maximum absolute atomic E-state index is 8.92. The summed E-state index contributed by atoms with van der Waals surface area (Å²) in [6.45, 7) is 0. The van der Waals surface area contributed by atoms with Gasteiger partial charge in [0.25, 0.3) is 0 Å². The highest BCUT2D eigenvalue weighted by atomic mass is 79.9. The minimum Gasteiger partial charge on any atom is -0.456 e. The Hall–Kier alpha value is -1.53. The van der Waals surface area contributed by atoms with Crippen LogP contribution in [0.4, 0.5) is 0 Å². The second-order valence-electron chi connectivity index (χ2n) is 3.29. The first-order valence-electron chi connectivity index (χ1n) is 4.87. The number of benzene rings is 1. The quantitative estimate of drug-likeness (QED) is 0.823. The Labute approximate surface area is 103 Å². The fraction of sp³-hybridized carbons (Fsp3) is 0.0769. The second-order valence-corrected chi connectivity index (χ2v) is 4.20. The van der Waals surface area contributed by atoms with Crippen LogP contribution < -0.4 is 4.74 Å². The van der Waals surface area contributed by atoms with Gasteiger partial charge in [0.15, 0.2) is 0 Å². The predicted molar refractivity (Wildman–Crippen MR) is 65.5 cm³/mol. The van der Waals surface area contributed by atoms with Gasteiger partial charge >= 0.3 is 0 Å². The van der Waals surface area contributed by atoms with Crippen LogP contribution >= 0.6 is 15.9 Å². The molecule has 0 atom stereocenters. The molecule has 2 nitrogen and oxygen atoms in total. The van der Waals surface area contributed by atoms with E-state index < -0.39 is 0 Å². The second kappa shape index (κ2) is 5.00. The number of nitrogens with zero attached hydrogens (tertiary/aromatic N) is 1. The van der Waals surface area contributed by atoms with Crippen molar-refractivity contribution in [3.05, 3.63) is 58.6 Å². The zero-order valence-electron chi connectivity index (χ0n) is 8.48. The van der Waals surface area contributed by atoms with Crippen molar-refractivity contribution in [2.45, 2.75) is 6.42 Å². The molecule has 1 aromatic carbocycles. The number of halogens is 1. The monoisotopic (exact) mass is 274 g/mol. The van der Waals surface area contributed by atoms with Crippen LogP contribution in [-0.4, -0.2) is 0 Å². The van der Waals surface area contributed by atoms with Crippen molar-refractivity contribution in [1.29, 1.82) is 5.26 Å². The number of nitriles is 1. The lowest BCUT2D eigenvalue weighted by molar-refractivity contribution is 0.439. The molecule has 0 fully saturated rings. The van der Waals surface area contributed by atoms with Crippen LogP contribution in [0.1, 0.15) is 6.42 Å². The zero-order chi connectivity index (χ0) is 11.4. The van der Waals surface area contributed by atoms with Crippen molar-refractivity contribution in [2.24, 2.45) is 0 Å².